The van der Waals surface area contributed by atoms with Crippen molar-refractivity contribution in [3.05, 3.63) is 12.2 Å². The van der Waals surface area contributed by atoms with Crippen LogP contribution < -0.4 is 0 Å². The third kappa shape index (κ3) is 2.03. The topological polar surface area (TPSA) is 46.5 Å². The Hall–Kier alpha value is -1.02. The van der Waals surface area contributed by atoms with Crippen molar-refractivity contribution < 1.29 is 36.6 Å². The van der Waals surface area contributed by atoms with Crippen LogP contribution in [0.2, 0.25) is 0 Å². The lowest BCUT2D eigenvalue weighted by Crippen LogP contribution is -2.52. The average Bonchev–Trinajstić information content (AvgIpc) is 2.87. The second kappa shape index (κ2) is 3.99. The van der Waals surface area contributed by atoms with Gasteiger partial charge >= 0.3 is 17.9 Å². The summed E-state index contributed by atoms with van der Waals surface area (Å²) in [5, 5.41) is 9.35. The van der Waals surface area contributed by atoms with E-state index in [1.165, 1.54) is 6.08 Å². The summed E-state index contributed by atoms with van der Waals surface area (Å²) in [4.78, 5) is 10.6. The van der Waals surface area contributed by atoms with Crippen LogP contribution in [0.25, 0.3) is 0 Å². The molecule has 2 bridgehead atoms. The molecule has 0 aliphatic carbocycles. The summed E-state index contributed by atoms with van der Waals surface area (Å²) >= 11 is 0. The third-order valence-electron chi connectivity index (χ3n) is 3.11. The predicted molar refractivity (Wildman–Crippen MR) is 47.9 cm³/mol. The zero-order valence-electron chi connectivity index (χ0n) is 8.82. The van der Waals surface area contributed by atoms with Crippen molar-refractivity contribution in [1.82, 2.24) is 0 Å². The van der Waals surface area contributed by atoms with Crippen molar-refractivity contribution in [2.24, 2.45) is 5.92 Å². The molecule has 0 aromatic carbocycles. The number of alkyl halides is 5. The molecule has 8 heteroatoms. The minimum absolute atomic E-state index is 0.0247. The summed E-state index contributed by atoms with van der Waals surface area (Å²) in [6, 6.07) is 0. The Morgan fingerprint density at radius 3 is 2.28 bits per heavy atom. The third-order valence-corrected chi connectivity index (χ3v) is 3.11. The first kappa shape index (κ1) is 13.4. The Morgan fingerprint density at radius 1 is 1.28 bits per heavy atom. The number of halogens is 5. The van der Waals surface area contributed by atoms with Crippen LogP contribution in [0, 0.1) is 5.92 Å². The lowest BCUT2D eigenvalue weighted by Gasteiger charge is -2.28. The van der Waals surface area contributed by atoms with Gasteiger partial charge in [-0.15, -0.1) is 0 Å². The number of fused-ring (bicyclic) bond motifs is 2. The molecule has 2 aliphatic heterocycles. The monoisotopic (exact) mass is 272 g/mol. The SMILES string of the molecule is O=C(C(F)(F)F)C(F)(F)C(O)C1CC2C=CC1O2. The largest absolute Gasteiger partial charge is 0.456 e. The van der Waals surface area contributed by atoms with Crippen molar-refractivity contribution in [3.63, 3.8) is 0 Å². The van der Waals surface area contributed by atoms with E-state index >= 15 is 0 Å². The number of aliphatic hydroxyl groups is 1. The number of rotatable bonds is 3. The Morgan fingerprint density at radius 2 is 1.89 bits per heavy atom. The van der Waals surface area contributed by atoms with Crippen LogP contribution in [0.3, 0.4) is 0 Å². The molecule has 2 rings (SSSR count). The summed E-state index contributed by atoms with van der Waals surface area (Å²) < 4.78 is 67.6. The first-order valence-corrected chi connectivity index (χ1v) is 5.15. The molecule has 2 aliphatic rings. The number of ether oxygens (including phenoxy) is 1. The fraction of sp³-hybridized carbons (Fsp3) is 0.700. The lowest BCUT2D eigenvalue weighted by atomic mass is 9.85. The van der Waals surface area contributed by atoms with Crippen molar-refractivity contribution in [3.8, 4) is 0 Å². The maximum Gasteiger partial charge on any atom is 0.456 e. The highest BCUT2D eigenvalue weighted by atomic mass is 19.4. The highest BCUT2D eigenvalue weighted by molar-refractivity contribution is 5.91. The molecule has 0 amide bonds. The van der Waals surface area contributed by atoms with E-state index in [4.69, 9.17) is 4.74 Å². The van der Waals surface area contributed by atoms with Gasteiger partial charge in [0.25, 0.3) is 0 Å². The zero-order chi connectivity index (χ0) is 13.7. The van der Waals surface area contributed by atoms with E-state index in [0.717, 1.165) is 0 Å². The standard InChI is InChI=1S/C10H9F5O3/c11-9(12,8(17)10(13,14)15)7(16)5-3-4-1-2-6(5)18-4/h1-2,4-7,16H,3H2. The van der Waals surface area contributed by atoms with Crippen molar-refractivity contribution >= 4 is 5.78 Å². The molecular formula is C10H9F5O3. The first-order valence-electron chi connectivity index (χ1n) is 5.15. The van der Waals surface area contributed by atoms with E-state index < -0.39 is 42.1 Å². The molecule has 4 atom stereocenters. The Balaban J connectivity index is 2.15. The number of hydrogen-bond acceptors (Lipinski definition) is 3. The summed E-state index contributed by atoms with van der Waals surface area (Å²) in [5.74, 6) is -9.29. The van der Waals surface area contributed by atoms with Crippen LogP contribution in [-0.4, -0.2) is 41.3 Å². The lowest BCUT2D eigenvalue weighted by molar-refractivity contribution is -0.213. The first-order chi connectivity index (χ1) is 8.14. The molecular weight excluding hydrogens is 263 g/mol. The van der Waals surface area contributed by atoms with E-state index in [1.807, 2.05) is 0 Å². The van der Waals surface area contributed by atoms with Crippen molar-refractivity contribution in [1.29, 1.82) is 0 Å². The second-order valence-corrected chi connectivity index (χ2v) is 4.32. The van der Waals surface area contributed by atoms with E-state index in [0.29, 0.717) is 0 Å². The van der Waals surface area contributed by atoms with Gasteiger partial charge in [-0.1, -0.05) is 12.2 Å². The molecule has 0 aromatic heterocycles. The Kier molecular flexibility index (Phi) is 2.97. The summed E-state index contributed by atoms with van der Waals surface area (Å²) in [6.07, 6.45) is -6.77. The maximum absolute atomic E-state index is 13.3. The van der Waals surface area contributed by atoms with Crippen LogP contribution in [0.4, 0.5) is 22.0 Å². The molecule has 102 valence electrons. The summed E-state index contributed by atoms with van der Waals surface area (Å²) in [6.45, 7) is 0. The molecule has 18 heavy (non-hydrogen) atoms. The van der Waals surface area contributed by atoms with Crippen LogP contribution >= 0.6 is 0 Å². The predicted octanol–water partition coefficient (Wildman–Crippen LogP) is 1.46. The molecule has 4 unspecified atom stereocenters. The van der Waals surface area contributed by atoms with Crippen LogP contribution in [0.1, 0.15) is 6.42 Å². The fourth-order valence-corrected chi connectivity index (χ4v) is 2.21. The Labute approximate surface area is 98.2 Å². The van der Waals surface area contributed by atoms with Gasteiger partial charge in [-0.25, -0.2) is 0 Å². The molecule has 0 radical (unpaired) electrons. The highest BCUT2D eigenvalue weighted by Gasteiger charge is 2.62. The second-order valence-electron chi connectivity index (χ2n) is 4.32. The molecule has 0 spiro atoms. The van der Waals surface area contributed by atoms with E-state index in [1.54, 1.807) is 6.08 Å². The van der Waals surface area contributed by atoms with Crippen LogP contribution in [0.15, 0.2) is 12.2 Å². The van der Waals surface area contributed by atoms with Crippen LogP contribution in [-0.2, 0) is 9.53 Å². The van der Waals surface area contributed by atoms with Gasteiger partial charge in [0.2, 0.25) is 0 Å². The van der Waals surface area contributed by atoms with Gasteiger partial charge in [-0.05, 0) is 6.42 Å². The molecule has 1 N–H and O–H groups in total. The van der Waals surface area contributed by atoms with Gasteiger partial charge in [0.15, 0.2) is 0 Å². The smallest absolute Gasteiger partial charge is 0.386 e. The molecule has 1 fully saturated rings. The van der Waals surface area contributed by atoms with Gasteiger partial charge in [-0.3, -0.25) is 4.79 Å². The van der Waals surface area contributed by atoms with Crippen molar-refractivity contribution in [2.75, 3.05) is 0 Å². The molecule has 0 aromatic rings. The minimum atomic E-state index is -5.68. The summed E-state index contributed by atoms with van der Waals surface area (Å²) in [5.41, 5.74) is 0. The average molecular weight is 272 g/mol. The zero-order valence-corrected chi connectivity index (χ0v) is 8.82. The minimum Gasteiger partial charge on any atom is -0.386 e. The van der Waals surface area contributed by atoms with Crippen molar-refractivity contribution in [2.45, 2.75) is 36.8 Å². The van der Waals surface area contributed by atoms with Gasteiger partial charge in [0.1, 0.15) is 6.10 Å². The highest BCUT2D eigenvalue weighted by Crippen LogP contribution is 2.42. The van der Waals surface area contributed by atoms with Gasteiger partial charge in [0, 0.05) is 5.92 Å². The van der Waals surface area contributed by atoms with E-state index in [2.05, 4.69) is 0 Å². The molecule has 2 heterocycles. The fourth-order valence-electron chi connectivity index (χ4n) is 2.21. The molecule has 0 saturated carbocycles. The van der Waals surface area contributed by atoms with Gasteiger partial charge in [0.05, 0.1) is 12.2 Å². The van der Waals surface area contributed by atoms with E-state index in [-0.39, 0.29) is 6.42 Å². The normalized spacial score (nSPS) is 32.9. The number of carbonyl (C=O) groups is 1. The van der Waals surface area contributed by atoms with E-state index in [9.17, 15) is 31.9 Å². The van der Waals surface area contributed by atoms with Gasteiger partial charge < -0.3 is 9.84 Å². The number of hydrogen-bond donors (Lipinski definition) is 1. The number of aliphatic hydroxyl groups excluding tert-OH is 1. The Bertz CT molecular complexity index is 389. The number of carbonyl (C=O) groups excluding carboxylic acids is 1. The maximum atomic E-state index is 13.3. The quantitative estimate of drug-likeness (QED) is 0.625. The summed E-state index contributed by atoms with van der Waals surface area (Å²) in [7, 11) is 0. The molecule has 3 nitrogen and oxygen atoms in total. The number of Topliss-reactive ketones (excluding diaryl/α,β-unsaturated/α-hetero) is 1. The molecule has 1 saturated heterocycles. The number of ketones is 1. The van der Waals surface area contributed by atoms with Gasteiger partial charge in [-0.2, -0.15) is 22.0 Å². The van der Waals surface area contributed by atoms with Crippen LogP contribution in [0.5, 0.6) is 0 Å².